The third-order valence-corrected chi connectivity index (χ3v) is 3.26. The summed E-state index contributed by atoms with van der Waals surface area (Å²) in [7, 11) is 2.00. The SMILES string of the molecule is CNCc1cccc(N2CCCCCC2)c1. The summed E-state index contributed by atoms with van der Waals surface area (Å²) in [5.41, 5.74) is 2.78. The number of rotatable bonds is 3. The van der Waals surface area contributed by atoms with Gasteiger partial charge in [-0.05, 0) is 37.6 Å². The maximum atomic E-state index is 3.21. The van der Waals surface area contributed by atoms with Crippen LogP contribution in [-0.2, 0) is 6.54 Å². The second kappa shape index (κ2) is 5.90. The first kappa shape index (κ1) is 11.5. The third-order valence-electron chi connectivity index (χ3n) is 3.26. The predicted molar refractivity (Wildman–Crippen MR) is 69.9 cm³/mol. The molecular weight excluding hydrogens is 196 g/mol. The summed E-state index contributed by atoms with van der Waals surface area (Å²) in [5.74, 6) is 0. The number of benzene rings is 1. The molecule has 16 heavy (non-hydrogen) atoms. The van der Waals surface area contributed by atoms with Gasteiger partial charge in [0.05, 0.1) is 0 Å². The van der Waals surface area contributed by atoms with E-state index in [2.05, 4.69) is 34.5 Å². The van der Waals surface area contributed by atoms with Gasteiger partial charge in [-0.15, -0.1) is 0 Å². The van der Waals surface area contributed by atoms with Gasteiger partial charge in [-0.2, -0.15) is 0 Å². The van der Waals surface area contributed by atoms with E-state index in [1.165, 1.54) is 50.0 Å². The minimum Gasteiger partial charge on any atom is -0.372 e. The van der Waals surface area contributed by atoms with Crippen LogP contribution < -0.4 is 10.2 Å². The van der Waals surface area contributed by atoms with E-state index in [9.17, 15) is 0 Å². The second-order valence-electron chi connectivity index (χ2n) is 4.60. The molecule has 88 valence electrons. The van der Waals surface area contributed by atoms with Crippen molar-refractivity contribution in [2.75, 3.05) is 25.0 Å². The fourth-order valence-corrected chi connectivity index (χ4v) is 2.40. The number of anilines is 1. The molecule has 0 unspecified atom stereocenters. The zero-order valence-electron chi connectivity index (χ0n) is 10.2. The molecule has 1 aliphatic heterocycles. The van der Waals surface area contributed by atoms with Crippen LogP contribution in [0.3, 0.4) is 0 Å². The largest absolute Gasteiger partial charge is 0.372 e. The Morgan fingerprint density at radius 3 is 2.56 bits per heavy atom. The molecule has 1 fully saturated rings. The summed E-state index contributed by atoms with van der Waals surface area (Å²) in [5, 5.41) is 3.21. The van der Waals surface area contributed by atoms with Crippen molar-refractivity contribution in [3.8, 4) is 0 Å². The summed E-state index contributed by atoms with van der Waals surface area (Å²) in [6, 6.07) is 8.93. The van der Waals surface area contributed by atoms with Crippen LogP contribution in [0.1, 0.15) is 31.2 Å². The van der Waals surface area contributed by atoms with Gasteiger partial charge in [-0.3, -0.25) is 0 Å². The number of hydrogen-bond acceptors (Lipinski definition) is 2. The summed E-state index contributed by atoms with van der Waals surface area (Å²) in [4.78, 5) is 2.53. The first-order valence-corrected chi connectivity index (χ1v) is 6.38. The van der Waals surface area contributed by atoms with Gasteiger partial charge in [-0.25, -0.2) is 0 Å². The summed E-state index contributed by atoms with van der Waals surface area (Å²) < 4.78 is 0. The Bertz CT molecular complexity index is 314. The van der Waals surface area contributed by atoms with E-state index in [-0.39, 0.29) is 0 Å². The van der Waals surface area contributed by atoms with Gasteiger partial charge >= 0.3 is 0 Å². The highest BCUT2D eigenvalue weighted by Gasteiger charge is 2.09. The second-order valence-corrected chi connectivity index (χ2v) is 4.60. The molecular formula is C14H22N2. The molecule has 2 heteroatoms. The minimum absolute atomic E-state index is 0.960. The smallest absolute Gasteiger partial charge is 0.0369 e. The van der Waals surface area contributed by atoms with E-state index in [1.807, 2.05) is 7.05 Å². The number of hydrogen-bond donors (Lipinski definition) is 1. The Morgan fingerprint density at radius 1 is 1.12 bits per heavy atom. The van der Waals surface area contributed by atoms with E-state index in [4.69, 9.17) is 0 Å². The fourth-order valence-electron chi connectivity index (χ4n) is 2.40. The molecule has 0 aromatic heterocycles. The van der Waals surface area contributed by atoms with Gasteiger partial charge in [0.15, 0.2) is 0 Å². The predicted octanol–water partition coefficient (Wildman–Crippen LogP) is 2.79. The monoisotopic (exact) mass is 218 g/mol. The maximum absolute atomic E-state index is 3.21. The summed E-state index contributed by atoms with van der Waals surface area (Å²) in [6.45, 7) is 3.41. The van der Waals surface area contributed by atoms with Gasteiger partial charge in [0.1, 0.15) is 0 Å². The topological polar surface area (TPSA) is 15.3 Å². The van der Waals surface area contributed by atoms with Crippen molar-refractivity contribution >= 4 is 5.69 Å². The van der Waals surface area contributed by atoms with Crippen LogP contribution in [0.25, 0.3) is 0 Å². The molecule has 1 saturated heterocycles. The Labute approximate surface area is 98.7 Å². The quantitative estimate of drug-likeness (QED) is 0.839. The van der Waals surface area contributed by atoms with Crippen molar-refractivity contribution in [1.82, 2.24) is 5.32 Å². The zero-order valence-corrected chi connectivity index (χ0v) is 10.2. The Kier molecular flexibility index (Phi) is 4.23. The van der Waals surface area contributed by atoms with Crippen LogP contribution in [0.15, 0.2) is 24.3 Å². The van der Waals surface area contributed by atoms with Crippen LogP contribution in [0.5, 0.6) is 0 Å². The standard InChI is InChI=1S/C14H22N2/c1-15-12-13-7-6-8-14(11-13)16-9-4-2-3-5-10-16/h6-8,11,15H,2-5,9-10,12H2,1H3. The molecule has 2 rings (SSSR count). The molecule has 0 aliphatic carbocycles. The normalized spacial score (nSPS) is 17.2. The Balaban J connectivity index is 2.08. The molecule has 0 radical (unpaired) electrons. The van der Waals surface area contributed by atoms with Crippen LogP contribution in [-0.4, -0.2) is 20.1 Å². The van der Waals surface area contributed by atoms with Crippen LogP contribution in [0, 0.1) is 0 Å². The zero-order chi connectivity index (χ0) is 11.2. The van der Waals surface area contributed by atoms with E-state index < -0.39 is 0 Å². The first-order valence-electron chi connectivity index (χ1n) is 6.38. The number of nitrogens with one attached hydrogen (secondary N) is 1. The summed E-state index contributed by atoms with van der Waals surface area (Å²) in [6.07, 6.45) is 5.48. The molecule has 1 aromatic carbocycles. The molecule has 1 heterocycles. The van der Waals surface area contributed by atoms with Crippen LogP contribution in [0.2, 0.25) is 0 Å². The van der Waals surface area contributed by atoms with Gasteiger partial charge in [-0.1, -0.05) is 25.0 Å². The highest BCUT2D eigenvalue weighted by Crippen LogP contribution is 2.20. The molecule has 0 spiro atoms. The Hall–Kier alpha value is -1.02. The van der Waals surface area contributed by atoms with Crippen molar-refractivity contribution in [3.05, 3.63) is 29.8 Å². The minimum atomic E-state index is 0.960. The van der Waals surface area contributed by atoms with E-state index in [1.54, 1.807) is 0 Å². The highest BCUT2D eigenvalue weighted by molar-refractivity contribution is 5.48. The molecule has 1 aromatic rings. The van der Waals surface area contributed by atoms with E-state index in [0.29, 0.717) is 0 Å². The van der Waals surface area contributed by atoms with Crippen LogP contribution >= 0.6 is 0 Å². The molecule has 1 aliphatic rings. The fraction of sp³-hybridized carbons (Fsp3) is 0.571. The lowest BCUT2D eigenvalue weighted by Crippen LogP contribution is -2.23. The Morgan fingerprint density at radius 2 is 1.88 bits per heavy atom. The highest BCUT2D eigenvalue weighted by atomic mass is 15.1. The third kappa shape index (κ3) is 2.99. The molecule has 2 nitrogen and oxygen atoms in total. The van der Waals surface area contributed by atoms with Gasteiger partial charge < -0.3 is 10.2 Å². The average Bonchev–Trinajstić information content (AvgIpc) is 2.58. The van der Waals surface area contributed by atoms with Crippen molar-refractivity contribution in [1.29, 1.82) is 0 Å². The van der Waals surface area contributed by atoms with Crippen molar-refractivity contribution in [3.63, 3.8) is 0 Å². The maximum Gasteiger partial charge on any atom is 0.0369 e. The lowest BCUT2D eigenvalue weighted by molar-refractivity contribution is 0.726. The van der Waals surface area contributed by atoms with Crippen molar-refractivity contribution in [2.45, 2.75) is 32.2 Å². The van der Waals surface area contributed by atoms with Gasteiger partial charge in [0.2, 0.25) is 0 Å². The first-order chi connectivity index (χ1) is 7.90. The lowest BCUT2D eigenvalue weighted by atomic mass is 10.2. The average molecular weight is 218 g/mol. The lowest BCUT2D eigenvalue weighted by Gasteiger charge is -2.23. The molecule has 1 N–H and O–H groups in total. The molecule has 0 amide bonds. The van der Waals surface area contributed by atoms with E-state index in [0.717, 1.165) is 6.54 Å². The number of nitrogens with zero attached hydrogens (tertiary/aromatic N) is 1. The van der Waals surface area contributed by atoms with Crippen molar-refractivity contribution in [2.24, 2.45) is 0 Å². The molecule has 0 saturated carbocycles. The molecule has 0 atom stereocenters. The van der Waals surface area contributed by atoms with Crippen LogP contribution in [0.4, 0.5) is 5.69 Å². The van der Waals surface area contributed by atoms with Crippen molar-refractivity contribution < 1.29 is 0 Å². The molecule has 0 bridgehead atoms. The van der Waals surface area contributed by atoms with E-state index >= 15 is 0 Å². The van der Waals surface area contributed by atoms with Gasteiger partial charge in [0, 0.05) is 25.3 Å². The summed E-state index contributed by atoms with van der Waals surface area (Å²) >= 11 is 0. The van der Waals surface area contributed by atoms with Gasteiger partial charge in [0.25, 0.3) is 0 Å².